The number of Topliss-reactive ketones (excluding diaryl/α,β-unsaturated/α-hetero) is 1. The number of aliphatic carboxylic acids is 1. The molecule has 1 heterocycles. The molecule has 1 aliphatic carbocycles. The predicted octanol–water partition coefficient (Wildman–Crippen LogP) is 5.25. The van der Waals surface area contributed by atoms with Gasteiger partial charge in [-0.25, -0.2) is 0 Å². The molecule has 1 fully saturated rings. The van der Waals surface area contributed by atoms with Gasteiger partial charge in [-0.1, -0.05) is 43.5 Å². The molecule has 3 nitrogen and oxygen atoms in total. The lowest BCUT2D eigenvalue weighted by atomic mass is 9.81. The normalized spacial score (nSPS) is 17.6. The fraction of sp³-hybridized carbons (Fsp3) is 0.429. The first-order valence-corrected chi connectivity index (χ1v) is 10.5. The fourth-order valence-corrected chi connectivity index (χ4v) is 4.70. The lowest BCUT2D eigenvalue weighted by Gasteiger charge is -2.31. The second kappa shape index (κ2) is 8.40. The van der Waals surface area contributed by atoms with Crippen LogP contribution in [0.4, 0.5) is 0 Å². The Hall–Kier alpha value is -1.59. The van der Waals surface area contributed by atoms with Crippen molar-refractivity contribution in [3.8, 4) is 11.1 Å². The summed E-state index contributed by atoms with van der Waals surface area (Å²) in [6.07, 6.45) is 5.08. The van der Waals surface area contributed by atoms with Crippen molar-refractivity contribution < 1.29 is 14.7 Å². The second-order valence-corrected chi connectivity index (χ2v) is 8.80. The van der Waals surface area contributed by atoms with Crippen LogP contribution in [0.3, 0.4) is 0 Å². The molecule has 0 spiro atoms. The Morgan fingerprint density at radius 2 is 1.77 bits per heavy atom. The first-order valence-electron chi connectivity index (χ1n) is 9.08. The summed E-state index contributed by atoms with van der Waals surface area (Å²) in [6, 6.07) is 10.0. The van der Waals surface area contributed by atoms with Gasteiger partial charge in [0.2, 0.25) is 0 Å². The molecule has 2 aromatic rings. The molecule has 26 heavy (non-hydrogen) atoms. The van der Waals surface area contributed by atoms with Crippen molar-refractivity contribution in [3.63, 3.8) is 0 Å². The van der Waals surface area contributed by atoms with Gasteiger partial charge in [-0.2, -0.15) is 24.0 Å². The number of rotatable bonds is 7. The summed E-state index contributed by atoms with van der Waals surface area (Å²) in [5, 5.41) is 13.7. The number of benzene rings is 1. The number of hydrogen-bond acceptors (Lipinski definition) is 4. The number of carbonyl (C=O) groups excluding carboxylic acids is 1. The van der Waals surface area contributed by atoms with E-state index in [0.717, 1.165) is 43.2 Å². The van der Waals surface area contributed by atoms with E-state index < -0.39 is 16.6 Å². The molecule has 138 valence electrons. The van der Waals surface area contributed by atoms with E-state index in [4.69, 9.17) is 0 Å². The topological polar surface area (TPSA) is 54.4 Å². The Morgan fingerprint density at radius 1 is 1.08 bits per heavy atom. The van der Waals surface area contributed by atoms with Crippen molar-refractivity contribution in [1.29, 1.82) is 0 Å². The number of thiol groups is 1. The molecular weight excluding hydrogens is 364 g/mol. The summed E-state index contributed by atoms with van der Waals surface area (Å²) < 4.78 is -0.630. The number of carboxylic acid groups (broad SMARTS) is 1. The first-order chi connectivity index (χ1) is 12.5. The number of carboxylic acids is 1. The van der Waals surface area contributed by atoms with Crippen molar-refractivity contribution >= 4 is 35.7 Å². The molecule has 1 aromatic heterocycles. The summed E-state index contributed by atoms with van der Waals surface area (Å²) in [5.74, 6) is -1.61. The van der Waals surface area contributed by atoms with Gasteiger partial charge >= 0.3 is 5.97 Å². The van der Waals surface area contributed by atoms with Gasteiger partial charge in [0, 0.05) is 6.42 Å². The molecule has 0 amide bonds. The van der Waals surface area contributed by atoms with E-state index >= 15 is 0 Å². The van der Waals surface area contributed by atoms with Crippen molar-refractivity contribution in [2.24, 2.45) is 5.92 Å². The third kappa shape index (κ3) is 4.57. The van der Waals surface area contributed by atoms with Gasteiger partial charge in [-0.3, -0.25) is 9.59 Å². The van der Waals surface area contributed by atoms with E-state index in [1.165, 1.54) is 5.56 Å². The number of hydrogen-bond donors (Lipinski definition) is 2. The standard InChI is InChI=1S/C21H24O3S2/c22-19(21(25)9-2-1-3-10-21)13-18(20(23)24)12-15-4-6-16(7-5-15)17-8-11-26-14-17/h4-8,11,14,18,25H,1-3,9-10,12-13H2,(H,23,24)/t18-/m0/s1. The van der Waals surface area contributed by atoms with E-state index in [1.54, 1.807) is 11.3 Å². The molecule has 1 aliphatic rings. The van der Waals surface area contributed by atoms with E-state index in [2.05, 4.69) is 24.1 Å². The minimum atomic E-state index is -0.909. The molecule has 1 saturated carbocycles. The zero-order valence-corrected chi connectivity index (χ0v) is 16.4. The Kier molecular flexibility index (Phi) is 6.20. The van der Waals surface area contributed by atoms with Crippen LogP contribution in [-0.4, -0.2) is 21.6 Å². The minimum absolute atomic E-state index is 0.0113. The highest BCUT2D eigenvalue weighted by Gasteiger charge is 2.37. The summed E-state index contributed by atoms with van der Waals surface area (Å²) in [4.78, 5) is 24.4. The summed E-state index contributed by atoms with van der Waals surface area (Å²) in [5.41, 5.74) is 3.23. The van der Waals surface area contributed by atoms with Crippen LogP contribution in [0.1, 0.15) is 44.1 Å². The van der Waals surface area contributed by atoms with E-state index in [0.29, 0.717) is 6.42 Å². The molecule has 1 N–H and O–H groups in total. The highest BCUT2D eigenvalue weighted by atomic mass is 32.1. The molecule has 1 aromatic carbocycles. The largest absolute Gasteiger partial charge is 0.481 e. The zero-order valence-electron chi connectivity index (χ0n) is 14.7. The van der Waals surface area contributed by atoms with Crippen LogP contribution in [0.5, 0.6) is 0 Å². The third-order valence-electron chi connectivity index (χ3n) is 5.27. The van der Waals surface area contributed by atoms with Gasteiger partial charge in [0.25, 0.3) is 0 Å². The fourth-order valence-electron chi connectivity index (χ4n) is 3.62. The van der Waals surface area contributed by atoms with Crippen LogP contribution in [0.25, 0.3) is 11.1 Å². The van der Waals surface area contributed by atoms with Crippen LogP contribution in [0.15, 0.2) is 41.1 Å². The molecule has 0 aliphatic heterocycles. The Morgan fingerprint density at radius 3 is 2.35 bits per heavy atom. The monoisotopic (exact) mass is 388 g/mol. The summed E-state index contributed by atoms with van der Waals surface area (Å²) >= 11 is 6.27. The summed E-state index contributed by atoms with van der Waals surface area (Å²) in [6.45, 7) is 0. The Labute approximate surface area is 163 Å². The molecule has 0 saturated heterocycles. The van der Waals surface area contributed by atoms with Gasteiger partial charge in [-0.15, -0.1) is 0 Å². The van der Waals surface area contributed by atoms with Gasteiger partial charge < -0.3 is 5.11 Å². The molecule has 3 rings (SSSR count). The van der Waals surface area contributed by atoms with E-state index in [1.807, 2.05) is 29.6 Å². The van der Waals surface area contributed by atoms with Crippen LogP contribution in [0, 0.1) is 5.92 Å². The van der Waals surface area contributed by atoms with E-state index in [9.17, 15) is 14.7 Å². The maximum atomic E-state index is 12.7. The number of ketones is 1. The van der Waals surface area contributed by atoms with Crippen molar-refractivity contribution in [3.05, 3.63) is 46.7 Å². The number of thiophene rings is 1. The maximum Gasteiger partial charge on any atom is 0.307 e. The molecule has 0 unspecified atom stereocenters. The van der Waals surface area contributed by atoms with Gasteiger partial charge in [0.15, 0.2) is 0 Å². The molecule has 5 heteroatoms. The van der Waals surface area contributed by atoms with Crippen molar-refractivity contribution in [1.82, 2.24) is 0 Å². The second-order valence-electron chi connectivity index (χ2n) is 7.17. The van der Waals surface area contributed by atoms with Crippen LogP contribution in [0.2, 0.25) is 0 Å². The Bertz CT molecular complexity index is 744. The van der Waals surface area contributed by atoms with Gasteiger partial charge in [-0.05, 0) is 52.8 Å². The highest BCUT2D eigenvalue weighted by Crippen LogP contribution is 2.36. The Balaban J connectivity index is 1.66. The third-order valence-corrected chi connectivity index (χ3v) is 6.65. The minimum Gasteiger partial charge on any atom is -0.481 e. The quantitative estimate of drug-likeness (QED) is 0.637. The average Bonchev–Trinajstić information content (AvgIpc) is 3.17. The maximum absolute atomic E-state index is 12.7. The molecule has 1 atom stereocenters. The van der Waals surface area contributed by atoms with Crippen LogP contribution < -0.4 is 0 Å². The van der Waals surface area contributed by atoms with Crippen molar-refractivity contribution in [2.45, 2.75) is 49.7 Å². The van der Waals surface area contributed by atoms with Gasteiger partial charge in [0.05, 0.1) is 10.7 Å². The van der Waals surface area contributed by atoms with Crippen molar-refractivity contribution in [2.75, 3.05) is 0 Å². The SMILES string of the molecule is O=C(O)[C@H](CC(=O)C1(S)CCCCC1)Cc1ccc(-c2ccsc2)cc1. The van der Waals surface area contributed by atoms with E-state index in [-0.39, 0.29) is 12.2 Å². The first kappa shape index (κ1) is 19.2. The van der Waals surface area contributed by atoms with Crippen LogP contribution >= 0.6 is 24.0 Å². The lowest BCUT2D eigenvalue weighted by Crippen LogP contribution is -2.37. The molecular formula is C21H24O3S2. The zero-order chi connectivity index (χ0) is 18.6. The summed E-state index contributed by atoms with van der Waals surface area (Å²) in [7, 11) is 0. The predicted molar refractivity (Wildman–Crippen MR) is 109 cm³/mol. The highest BCUT2D eigenvalue weighted by molar-refractivity contribution is 7.82. The lowest BCUT2D eigenvalue weighted by molar-refractivity contribution is -0.144. The number of carbonyl (C=O) groups is 2. The van der Waals surface area contributed by atoms with Gasteiger partial charge in [0.1, 0.15) is 5.78 Å². The van der Waals surface area contributed by atoms with Crippen LogP contribution in [-0.2, 0) is 16.0 Å². The average molecular weight is 389 g/mol. The molecule has 0 radical (unpaired) electrons. The molecule has 0 bridgehead atoms. The smallest absolute Gasteiger partial charge is 0.307 e.